The summed E-state index contributed by atoms with van der Waals surface area (Å²) in [4.78, 5) is 18.6. The highest BCUT2D eigenvalue weighted by atomic mass is 16.7. The van der Waals surface area contributed by atoms with Crippen LogP contribution in [0.1, 0.15) is 19.8 Å². The quantitative estimate of drug-likeness (QED) is 0.239. The van der Waals surface area contributed by atoms with Gasteiger partial charge in [-0.05, 0) is 19.8 Å². The lowest BCUT2D eigenvalue weighted by molar-refractivity contribution is -0.481. The molecule has 104 valence electrons. The van der Waals surface area contributed by atoms with E-state index in [-0.39, 0.29) is 12.3 Å². The molecule has 19 heavy (non-hydrogen) atoms. The largest absolute Gasteiger partial charge is 0.472 e. The molecule has 0 spiro atoms. The number of hydrogen-bond donors (Lipinski definition) is 0. The Labute approximate surface area is 112 Å². The Hall–Kier alpha value is -2.10. The zero-order valence-electron chi connectivity index (χ0n) is 11.5. The van der Waals surface area contributed by atoms with Crippen molar-refractivity contribution < 1.29 is 18.9 Å². The predicted octanol–water partition coefficient (Wildman–Crippen LogP) is 0.170. The van der Waals surface area contributed by atoms with Crippen molar-refractivity contribution in [2.75, 3.05) is 33.8 Å². The normalized spacial score (nSPS) is 14.8. The van der Waals surface area contributed by atoms with Gasteiger partial charge >= 0.3 is 12.0 Å². The van der Waals surface area contributed by atoms with Crippen LogP contribution < -0.4 is 0 Å². The molecule has 1 fully saturated rings. The van der Waals surface area contributed by atoms with Crippen LogP contribution in [0.25, 0.3) is 0 Å². The Morgan fingerprint density at radius 1 is 1.42 bits per heavy atom. The molecule has 0 atom stereocenters. The van der Waals surface area contributed by atoms with E-state index >= 15 is 0 Å². The van der Waals surface area contributed by atoms with Gasteiger partial charge in [0.2, 0.25) is 0 Å². The maximum atomic E-state index is 11.4. The third-order valence-electron chi connectivity index (χ3n) is 2.55. The number of esters is 1. The Kier molecular flexibility index (Phi) is 5.79. The molecule has 1 rings (SSSR count). The minimum Gasteiger partial charge on any atom is -0.461 e. The Morgan fingerprint density at radius 2 is 2.05 bits per heavy atom. The summed E-state index contributed by atoms with van der Waals surface area (Å²) in [5.41, 5.74) is -0.389. The van der Waals surface area contributed by atoms with Crippen molar-refractivity contribution in [1.29, 1.82) is 5.26 Å². The summed E-state index contributed by atoms with van der Waals surface area (Å²) in [5, 5.41) is 12.4. The van der Waals surface area contributed by atoms with Crippen LogP contribution in [0, 0.1) is 11.3 Å². The monoisotopic (exact) mass is 267 g/mol. The average Bonchev–Trinajstić information content (AvgIpc) is 2.88. The molecule has 1 aliphatic heterocycles. The SMILES string of the molecule is CCOC(=O)C(C#N)=NOC(N1CCCC1)=[N+](C)C. The van der Waals surface area contributed by atoms with Crippen molar-refractivity contribution in [2.24, 2.45) is 5.16 Å². The van der Waals surface area contributed by atoms with E-state index in [1.54, 1.807) is 17.6 Å². The summed E-state index contributed by atoms with van der Waals surface area (Å²) >= 11 is 0. The molecule has 0 aliphatic carbocycles. The van der Waals surface area contributed by atoms with Crippen LogP contribution in [-0.2, 0) is 14.4 Å². The molecule has 1 saturated heterocycles. The number of oxime groups is 1. The number of hydrogen-bond acceptors (Lipinski definition) is 5. The lowest BCUT2D eigenvalue weighted by Gasteiger charge is -2.11. The summed E-state index contributed by atoms with van der Waals surface area (Å²) in [6.07, 6.45) is 2.18. The minimum atomic E-state index is -0.774. The van der Waals surface area contributed by atoms with E-state index < -0.39 is 5.97 Å². The van der Waals surface area contributed by atoms with Gasteiger partial charge < -0.3 is 4.74 Å². The van der Waals surface area contributed by atoms with Gasteiger partial charge in [0.1, 0.15) is 6.07 Å². The molecule has 0 unspecified atom stereocenters. The van der Waals surface area contributed by atoms with Gasteiger partial charge in [-0.2, -0.15) is 5.26 Å². The molecule has 0 aromatic carbocycles. The third kappa shape index (κ3) is 4.25. The molecular formula is C12H19N4O3+. The number of likely N-dealkylation sites (tertiary alicyclic amines) is 1. The smallest absolute Gasteiger partial charge is 0.461 e. The summed E-state index contributed by atoms with van der Waals surface area (Å²) in [6.45, 7) is 3.61. The van der Waals surface area contributed by atoms with Crippen LogP contribution in [-0.4, -0.2) is 61.0 Å². The number of rotatable bonds is 3. The minimum absolute atomic E-state index is 0.190. The fourth-order valence-electron chi connectivity index (χ4n) is 1.72. The van der Waals surface area contributed by atoms with E-state index in [9.17, 15) is 4.79 Å². The van der Waals surface area contributed by atoms with Crippen molar-refractivity contribution >= 4 is 17.7 Å². The van der Waals surface area contributed by atoms with Gasteiger partial charge in [0.15, 0.2) is 0 Å². The first kappa shape index (κ1) is 15.0. The highest BCUT2D eigenvalue weighted by Crippen LogP contribution is 2.08. The molecule has 0 bridgehead atoms. The second-order valence-electron chi connectivity index (χ2n) is 4.23. The number of carbonyl (C=O) groups excluding carboxylic acids is 1. The van der Waals surface area contributed by atoms with Gasteiger partial charge in [0.25, 0.3) is 5.71 Å². The van der Waals surface area contributed by atoms with Crippen LogP contribution in [0.3, 0.4) is 0 Å². The second kappa shape index (κ2) is 7.36. The summed E-state index contributed by atoms with van der Waals surface area (Å²) in [5.74, 6) is -0.774. The molecule has 1 aliphatic rings. The van der Waals surface area contributed by atoms with E-state index in [1.807, 2.05) is 19.0 Å². The maximum Gasteiger partial charge on any atom is 0.472 e. The first-order valence-corrected chi connectivity index (χ1v) is 6.21. The summed E-state index contributed by atoms with van der Waals surface area (Å²) in [6, 6.07) is 2.19. The van der Waals surface area contributed by atoms with Crippen LogP contribution in [0.4, 0.5) is 0 Å². The Bertz CT molecular complexity index is 427. The van der Waals surface area contributed by atoms with Crippen molar-refractivity contribution in [3.8, 4) is 6.07 Å². The zero-order valence-corrected chi connectivity index (χ0v) is 11.5. The number of ether oxygens (including phenoxy) is 1. The molecule has 1 heterocycles. The highest BCUT2D eigenvalue weighted by molar-refractivity contribution is 6.42. The van der Waals surface area contributed by atoms with Crippen molar-refractivity contribution in [3.05, 3.63) is 0 Å². The Balaban J connectivity index is 2.77. The summed E-state index contributed by atoms with van der Waals surface area (Å²) in [7, 11) is 3.64. The summed E-state index contributed by atoms with van der Waals surface area (Å²) < 4.78 is 6.46. The van der Waals surface area contributed by atoms with Gasteiger partial charge in [-0.1, -0.05) is 5.16 Å². The highest BCUT2D eigenvalue weighted by Gasteiger charge is 2.27. The molecule has 7 heteroatoms. The molecular weight excluding hydrogens is 248 g/mol. The van der Waals surface area contributed by atoms with Crippen molar-refractivity contribution in [3.63, 3.8) is 0 Å². The maximum absolute atomic E-state index is 11.4. The number of carbonyl (C=O) groups is 1. The van der Waals surface area contributed by atoms with Crippen LogP contribution >= 0.6 is 0 Å². The third-order valence-corrected chi connectivity index (χ3v) is 2.55. The first-order chi connectivity index (χ1) is 9.10. The van der Waals surface area contributed by atoms with E-state index in [4.69, 9.17) is 14.8 Å². The lowest BCUT2D eigenvalue weighted by Crippen LogP contribution is -2.35. The number of nitriles is 1. The van der Waals surface area contributed by atoms with Gasteiger partial charge in [0.05, 0.1) is 33.8 Å². The lowest BCUT2D eigenvalue weighted by atomic mass is 10.4. The van der Waals surface area contributed by atoms with E-state index in [0.29, 0.717) is 6.02 Å². The van der Waals surface area contributed by atoms with Gasteiger partial charge in [-0.25, -0.2) is 14.3 Å². The fourth-order valence-corrected chi connectivity index (χ4v) is 1.72. The zero-order chi connectivity index (χ0) is 14.3. The standard InChI is InChI=1S/C12H19N4O3/c1-4-18-11(17)10(9-13)14-19-12(15(2)3)16-7-5-6-8-16/h4-8H2,1-3H3/q+1. The van der Waals surface area contributed by atoms with Crippen molar-refractivity contribution in [2.45, 2.75) is 19.8 Å². The molecule has 0 N–H and O–H groups in total. The molecule has 0 aromatic rings. The van der Waals surface area contributed by atoms with Gasteiger partial charge in [-0.3, -0.25) is 4.84 Å². The van der Waals surface area contributed by atoms with Crippen LogP contribution in [0.2, 0.25) is 0 Å². The van der Waals surface area contributed by atoms with Gasteiger partial charge in [-0.15, -0.1) is 0 Å². The van der Waals surface area contributed by atoms with Gasteiger partial charge in [0, 0.05) is 0 Å². The molecule has 0 amide bonds. The molecule has 0 saturated carbocycles. The topological polar surface area (TPSA) is 77.9 Å². The van der Waals surface area contributed by atoms with E-state index in [2.05, 4.69) is 5.16 Å². The average molecular weight is 267 g/mol. The molecule has 0 radical (unpaired) electrons. The second-order valence-corrected chi connectivity index (χ2v) is 4.23. The van der Waals surface area contributed by atoms with E-state index in [1.165, 1.54) is 0 Å². The Morgan fingerprint density at radius 3 is 2.53 bits per heavy atom. The van der Waals surface area contributed by atoms with E-state index in [0.717, 1.165) is 25.9 Å². The molecule has 7 nitrogen and oxygen atoms in total. The number of amidine groups is 1. The van der Waals surface area contributed by atoms with Crippen molar-refractivity contribution in [1.82, 2.24) is 4.90 Å². The fraction of sp³-hybridized carbons (Fsp3) is 0.667. The molecule has 0 aromatic heterocycles. The predicted molar refractivity (Wildman–Crippen MR) is 68.7 cm³/mol. The first-order valence-electron chi connectivity index (χ1n) is 6.21. The van der Waals surface area contributed by atoms with Crippen LogP contribution in [0.5, 0.6) is 0 Å². The van der Waals surface area contributed by atoms with Crippen LogP contribution in [0.15, 0.2) is 5.16 Å². The number of nitrogens with zero attached hydrogens (tertiary/aromatic N) is 4.